The molecular formula is C21H24N2O. The van der Waals surface area contributed by atoms with Crippen LogP contribution in [0, 0.1) is 11.3 Å². The van der Waals surface area contributed by atoms with Crippen molar-refractivity contribution >= 4 is 0 Å². The summed E-state index contributed by atoms with van der Waals surface area (Å²) in [6.07, 6.45) is 4.78. The molecule has 1 saturated heterocycles. The summed E-state index contributed by atoms with van der Waals surface area (Å²) in [5.74, 6) is 0.765. The molecule has 2 aromatic carbocycles. The Bertz CT molecular complexity index is 692. The third kappa shape index (κ3) is 4.15. The van der Waals surface area contributed by atoms with Crippen molar-refractivity contribution in [3.05, 3.63) is 65.7 Å². The molecule has 0 amide bonds. The van der Waals surface area contributed by atoms with Crippen molar-refractivity contribution in [3.8, 4) is 11.8 Å². The van der Waals surface area contributed by atoms with Gasteiger partial charge in [0.2, 0.25) is 0 Å². The number of nitriles is 1. The molecule has 2 unspecified atom stereocenters. The van der Waals surface area contributed by atoms with Crippen molar-refractivity contribution < 1.29 is 4.74 Å². The fourth-order valence-electron chi connectivity index (χ4n) is 3.41. The van der Waals surface area contributed by atoms with Gasteiger partial charge in [-0.15, -0.1) is 0 Å². The van der Waals surface area contributed by atoms with Crippen molar-refractivity contribution in [2.75, 3.05) is 13.6 Å². The van der Waals surface area contributed by atoms with Gasteiger partial charge in [-0.05, 0) is 50.2 Å². The lowest BCUT2D eigenvalue weighted by molar-refractivity contribution is 0.109. The first-order valence-electron chi connectivity index (χ1n) is 8.68. The van der Waals surface area contributed by atoms with Crippen LogP contribution in [0.15, 0.2) is 54.6 Å². The van der Waals surface area contributed by atoms with Crippen molar-refractivity contribution in [1.29, 1.82) is 5.26 Å². The lowest BCUT2D eigenvalue weighted by atomic mass is 9.94. The van der Waals surface area contributed by atoms with Crippen LogP contribution in [0.25, 0.3) is 0 Å². The van der Waals surface area contributed by atoms with E-state index in [4.69, 9.17) is 10.00 Å². The number of nitrogens with zero attached hydrogens (tertiary/aromatic N) is 2. The second-order valence-electron chi connectivity index (χ2n) is 6.52. The summed E-state index contributed by atoms with van der Waals surface area (Å²) in [6, 6.07) is 20.6. The highest BCUT2D eigenvalue weighted by Gasteiger charge is 2.25. The summed E-state index contributed by atoms with van der Waals surface area (Å²) in [7, 11) is 2.21. The Balaban J connectivity index is 1.80. The lowest BCUT2D eigenvalue weighted by Crippen LogP contribution is -2.37. The Hall–Kier alpha value is -2.31. The molecule has 1 fully saturated rings. The summed E-state index contributed by atoms with van der Waals surface area (Å²) in [5.41, 5.74) is 1.83. The van der Waals surface area contributed by atoms with Crippen LogP contribution in [0.5, 0.6) is 5.75 Å². The van der Waals surface area contributed by atoms with Gasteiger partial charge in [-0.3, -0.25) is 0 Å². The zero-order valence-electron chi connectivity index (χ0n) is 14.2. The van der Waals surface area contributed by atoms with E-state index in [0.29, 0.717) is 11.6 Å². The van der Waals surface area contributed by atoms with Crippen molar-refractivity contribution in [2.24, 2.45) is 0 Å². The van der Waals surface area contributed by atoms with Gasteiger partial charge in [-0.2, -0.15) is 5.26 Å². The topological polar surface area (TPSA) is 36.3 Å². The summed E-state index contributed by atoms with van der Waals surface area (Å²) in [4.78, 5) is 2.45. The average Bonchev–Trinajstić information content (AvgIpc) is 2.64. The van der Waals surface area contributed by atoms with Crippen LogP contribution in [0.4, 0.5) is 0 Å². The minimum absolute atomic E-state index is 0.00527. The van der Waals surface area contributed by atoms with Crippen LogP contribution >= 0.6 is 0 Å². The summed E-state index contributed by atoms with van der Waals surface area (Å²) >= 11 is 0. The number of ether oxygens (including phenoxy) is 1. The quantitative estimate of drug-likeness (QED) is 0.810. The maximum Gasteiger partial charge on any atom is 0.125 e. The SMILES string of the molecule is CN1CCCCC1CC(Oc1cccc(C#N)c1)c1ccccc1. The fraction of sp³-hybridized carbons (Fsp3) is 0.381. The first kappa shape index (κ1) is 16.5. The molecule has 0 spiro atoms. The standard InChI is InChI=1S/C21H24N2O/c1-23-13-6-5-11-19(23)15-21(18-9-3-2-4-10-18)24-20-12-7-8-17(14-20)16-22/h2-4,7-10,12,14,19,21H,5-6,11,13,15H2,1H3. The summed E-state index contributed by atoms with van der Waals surface area (Å²) in [5, 5.41) is 9.10. The predicted octanol–water partition coefficient (Wildman–Crippen LogP) is 4.55. The Labute approximate surface area is 144 Å². The van der Waals surface area contributed by atoms with E-state index >= 15 is 0 Å². The maximum atomic E-state index is 9.10. The molecule has 3 nitrogen and oxygen atoms in total. The molecular weight excluding hydrogens is 296 g/mol. The third-order valence-corrected chi connectivity index (χ3v) is 4.82. The van der Waals surface area contributed by atoms with Crippen molar-refractivity contribution in [1.82, 2.24) is 4.90 Å². The normalized spacial score (nSPS) is 19.4. The third-order valence-electron chi connectivity index (χ3n) is 4.82. The Morgan fingerprint density at radius 2 is 2.00 bits per heavy atom. The van der Waals surface area contributed by atoms with E-state index in [-0.39, 0.29) is 6.10 Å². The maximum absolute atomic E-state index is 9.10. The minimum atomic E-state index is 0.00527. The van der Waals surface area contributed by atoms with E-state index in [1.165, 1.54) is 24.8 Å². The molecule has 1 heterocycles. The molecule has 0 radical (unpaired) electrons. The van der Waals surface area contributed by atoms with Gasteiger partial charge in [0.15, 0.2) is 0 Å². The van der Waals surface area contributed by atoms with Gasteiger partial charge in [0, 0.05) is 12.5 Å². The van der Waals surface area contributed by atoms with E-state index in [1.54, 1.807) is 6.07 Å². The van der Waals surface area contributed by atoms with Crippen LogP contribution < -0.4 is 4.74 Å². The molecule has 0 saturated carbocycles. The van der Waals surface area contributed by atoms with E-state index in [9.17, 15) is 0 Å². The molecule has 24 heavy (non-hydrogen) atoms. The van der Waals surface area contributed by atoms with Crippen LogP contribution in [-0.4, -0.2) is 24.5 Å². The molecule has 0 aliphatic carbocycles. The van der Waals surface area contributed by atoms with Gasteiger partial charge >= 0.3 is 0 Å². The summed E-state index contributed by atoms with van der Waals surface area (Å²) in [6.45, 7) is 1.16. The van der Waals surface area contributed by atoms with E-state index in [0.717, 1.165) is 18.7 Å². The number of piperidine rings is 1. The van der Waals surface area contributed by atoms with E-state index in [2.05, 4.69) is 42.3 Å². The zero-order valence-corrected chi connectivity index (χ0v) is 14.2. The molecule has 3 rings (SSSR count). The number of benzene rings is 2. The highest BCUT2D eigenvalue weighted by Crippen LogP contribution is 2.30. The van der Waals surface area contributed by atoms with E-state index in [1.807, 2.05) is 24.3 Å². The minimum Gasteiger partial charge on any atom is -0.486 e. The predicted molar refractivity (Wildman–Crippen MR) is 95.9 cm³/mol. The highest BCUT2D eigenvalue weighted by atomic mass is 16.5. The first-order chi connectivity index (χ1) is 11.8. The van der Waals surface area contributed by atoms with Crippen molar-refractivity contribution in [3.63, 3.8) is 0 Å². The monoisotopic (exact) mass is 320 g/mol. The molecule has 1 aliphatic rings. The second-order valence-corrected chi connectivity index (χ2v) is 6.52. The van der Waals surface area contributed by atoms with Crippen molar-refractivity contribution in [2.45, 2.75) is 37.8 Å². The molecule has 3 heteroatoms. The smallest absolute Gasteiger partial charge is 0.125 e. The molecule has 2 aromatic rings. The Kier molecular flexibility index (Phi) is 5.51. The van der Waals surface area contributed by atoms with Gasteiger partial charge in [-0.25, -0.2) is 0 Å². The van der Waals surface area contributed by atoms with Gasteiger partial charge in [0.05, 0.1) is 11.6 Å². The Morgan fingerprint density at radius 1 is 1.17 bits per heavy atom. The summed E-state index contributed by atoms with van der Waals surface area (Å²) < 4.78 is 6.32. The van der Waals surface area contributed by atoms with Crippen LogP contribution in [0.2, 0.25) is 0 Å². The number of likely N-dealkylation sites (tertiary alicyclic amines) is 1. The number of hydrogen-bond donors (Lipinski definition) is 0. The highest BCUT2D eigenvalue weighted by molar-refractivity contribution is 5.36. The van der Waals surface area contributed by atoms with Gasteiger partial charge in [-0.1, -0.05) is 42.8 Å². The number of hydrogen-bond acceptors (Lipinski definition) is 3. The van der Waals surface area contributed by atoms with Gasteiger partial charge in [0.25, 0.3) is 0 Å². The average molecular weight is 320 g/mol. The van der Waals surface area contributed by atoms with Crippen LogP contribution in [0.1, 0.15) is 42.9 Å². The molecule has 1 aliphatic heterocycles. The molecule has 0 N–H and O–H groups in total. The lowest BCUT2D eigenvalue weighted by Gasteiger charge is -2.35. The zero-order chi connectivity index (χ0) is 16.8. The largest absolute Gasteiger partial charge is 0.486 e. The number of rotatable bonds is 5. The second kappa shape index (κ2) is 7.99. The molecule has 124 valence electrons. The van der Waals surface area contributed by atoms with Gasteiger partial charge in [0.1, 0.15) is 11.9 Å². The van der Waals surface area contributed by atoms with E-state index < -0.39 is 0 Å². The Morgan fingerprint density at radius 3 is 2.75 bits per heavy atom. The molecule has 0 bridgehead atoms. The van der Waals surface area contributed by atoms with Gasteiger partial charge < -0.3 is 9.64 Å². The molecule has 2 atom stereocenters. The first-order valence-corrected chi connectivity index (χ1v) is 8.68. The van der Waals surface area contributed by atoms with Crippen LogP contribution in [0.3, 0.4) is 0 Å². The van der Waals surface area contributed by atoms with Crippen LogP contribution in [-0.2, 0) is 0 Å². The fourth-order valence-corrected chi connectivity index (χ4v) is 3.41. The molecule has 0 aromatic heterocycles.